The van der Waals surface area contributed by atoms with Gasteiger partial charge in [0.1, 0.15) is 5.69 Å². The minimum atomic E-state index is -0.00114. The first-order valence-corrected chi connectivity index (χ1v) is 8.38. The largest absolute Gasteiger partial charge is 0.381 e. The number of hydrogen-bond donors (Lipinski definition) is 2. The van der Waals surface area contributed by atoms with Gasteiger partial charge in [-0.2, -0.15) is 5.10 Å². The maximum absolute atomic E-state index is 12.5. The number of likely N-dealkylation sites (tertiary alicyclic amines) is 1. The molecule has 0 atom stereocenters. The lowest BCUT2D eigenvalue weighted by Crippen LogP contribution is -2.62. The summed E-state index contributed by atoms with van der Waals surface area (Å²) < 4.78 is 5.37. The molecule has 0 aromatic carbocycles. The lowest BCUT2D eigenvalue weighted by Gasteiger charge is -2.42. The first-order chi connectivity index (χ1) is 11.8. The normalized spacial score (nSPS) is 19.2. The van der Waals surface area contributed by atoms with Crippen LogP contribution in [-0.2, 0) is 4.74 Å². The maximum Gasteiger partial charge on any atom is 0.272 e. The predicted molar refractivity (Wildman–Crippen MR) is 88.5 cm³/mol. The first kappa shape index (κ1) is 15.3. The molecule has 0 spiro atoms. The highest BCUT2D eigenvalue weighted by Crippen LogP contribution is 2.19. The third kappa shape index (κ3) is 3.18. The molecular weight excluding hydrogens is 306 g/mol. The van der Waals surface area contributed by atoms with Crippen LogP contribution in [0.15, 0.2) is 30.7 Å². The van der Waals surface area contributed by atoms with Crippen molar-refractivity contribution in [1.29, 1.82) is 0 Å². The third-order valence-corrected chi connectivity index (χ3v) is 4.68. The Morgan fingerprint density at radius 1 is 1.17 bits per heavy atom. The SMILES string of the molecule is O=C(c1ccc(-c2cn[nH]c2)cn1)N1CC(NC2CCOCC2)C1. The van der Waals surface area contributed by atoms with Crippen molar-refractivity contribution in [1.82, 2.24) is 25.4 Å². The van der Waals surface area contributed by atoms with E-state index in [9.17, 15) is 4.79 Å². The van der Waals surface area contributed by atoms with Crippen LogP contribution in [0.2, 0.25) is 0 Å². The van der Waals surface area contributed by atoms with Crippen LogP contribution in [0.3, 0.4) is 0 Å². The van der Waals surface area contributed by atoms with Crippen LogP contribution < -0.4 is 5.32 Å². The van der Waals surface area contributed by atoms with Crippen LogP contribution in [0.25, 0.3) is 11.1 Å². The Morgan fingerprint density at radius 3 is 2.67 bits per heavy atom. The Kier molecular flexibility index (Phi) is 4.27. The Morgan fingerprint density at radius 2 is 2.00 bits per heavy atom. The van der Waals surface area contributed by atoms with E-state index in [1.807, 2.05) is 11.0 Å². The number of H-pyrrole nitrogens is 1. The predicted octanol–water partition coefficient (Wildman–Crippen LogP) is 1.06. The number of pyridine rings is 1. The number of carbonyl (C=O) groups excluding carboxylic acids is 1. The summed E-state index contributed by atoms with van der Waals surface area (Å²) in [6, 6.07) is 4.60. The van der Waals surface area contributed by atoms with Gasteiger partial charge in [-0.05, 0) is 18.9 Å². The number of amides is 1. The average Bonchev–Trinajstić information content (AvgIpc) is 3.13. The molecule has 126 valence electrons. The number of ether oxygens (including phenoxy) is 1. The van der Waals surface area contributed by atoms with Crippen molar-refractivity contribution in [2.24, 2.45) is 0 Å². The van der Waals surface area contributed by atoms with Gasteiger partial charge >= 0.3 is 0 Å². The quantitative estimate of drug-likeness (QED) is 0.877. The van der Waals surface area contributed by atoms with E-state index < -0.39 is 0 Å². The van der Waals surface area contributed by atoms with Crippen LogP contribution in [0, 0.1) is 0 Å². The molecule has 7 nitrogen and oxygen atoms in total. The number of nitrogens with one attached hydrogen (secondary N) is 2. The number of hydrogen-bond acceptors (Lipinski definition) is 5. The Labute approximate surface area is 140 Å². The van der Waals surface area contributed by atoms with E-state index in [1.165, 1.54) is 0 Å². The number of aromatic nitrogens is 3. The molecular formula is C17H21N5O2. The van der Waals surface area contributed by atoms with Gasteiger partial charge in [0.05, 0.1) is 6.20 Å². The van der Waals surface area contributed by atoms with E-state index in [4.69, 9.17) is 4.74 Å². The lowest BCUT2D eigenvalue weighted by atomic mass is 10.0. The minimum absolute atomic E-state index is 0.00114. The van der Waals surface area contributed by atoms with Crippen molar-refractivity contribution >= 4 is 5.91 Å². The van der Waals surface area contributed by atoms with E-state index >= 15 is 0 Å². The Hall–Kier alpha value is -2.25. The van der Waals surface area contributed by atoms with Crippen LogP contribution in [-0.4, -0.2) is 64.4 Å². The number of carbonyl (C=O) groups is 1. The molecule has 2 N–H and O–H groups in total. The van der Waals surface area contributed by atoms with E-state index in [0.29, 0.717) is 17.8 Å². The van der Waals surface area contributed by atoms with Crippen LogP contribution in [0.1, 0.15) is 23.3 Å². The molecule has 7 heteroatoms. The van der Waals surface area contributed by atoms with Gasteiger partial charge < -0.3 is 15.0 Å². The van der Waals surface area contributed by atoms with Gasteiger partial charge in [-0.3, -0.25) is 14.9 Å². The molecule has 0 radical (unpaired) electrons. The van der Waals surface area contributed by atoms with Gasteiger partial charge in [-0.15, -0.1) is 0 Å². The summed E-state index contributed by atoms with van der Waals surface area (Å²) in [6.45, 7) is 3.17. The molecule has 2 aliphatic heterocycles. The Balaban J connectivity index is 1.30. The van der Waals surface area contributed by atoms with Gasteiger partial charge in [0.2, 0.25) is 0 Å². The molecule has 24 heavy (non-hydrogen) atoms. The van der Waals surface area contributed by atoms with Crippen molar-refractivity contribution in [2.45, 2.75) is 24.9 Å². The average molecular weight is 327 g/mol. The molecule has 4 rings (SSSR count). The van der Waals surface area contributed by atoms with E-state index in [1.54, 1.807) is 24.7 Å². The summed E-state index contributed by atoms with van der Waals surface area (Å²) >= 11 is 0. The smallest absolute Gasteiger partial charge is 0.272 e. The zero-order valence-corrected chi connectivity index (χ0v) is 13.4. The zero-order valence-electron chi connectivity index (χ0n) is 13.4. The van der Waals surface area contributed by atoms with Crippen molar-refractivity contribution in [2.75, 3.05) is 26.3 Å². The fourth-order valence-corrected chi connectivity index (χ4v) is 3.21. The Bertz CT molecular complexity index is 674. The lowest BCUT2D eigenvalue weighted by molar-refractivity contribution is 0.0437. The molecule has 2 aromatic rings. The van der Waals surface area contributed by atoms with Crippen LogP contribution in [0.5, 0.6) is 0 Å². The van der Waals surface area contributed by atoms with Crippen molar-refractivity contribution in [3.05, 3.63) is 36.4 Å². The molecule has 0 aliphatic carbocycles. The summed E-state index contributed by atoms with van der Waals surface area (Å²) in [5.41, 5.74) is 2.40. The molecule has 0 unspecified atom stereocenters. The second-order valence-corrected chi connectivity index (χ2v) is 6.38. The van der Waals surface area contributed by atoms with E-state index in [2.05, 4.69) is 20.5 Å². The van der Waals surface area contributed by atoms with E-state index in [0.717, 1.165) is 50.3 Å². The van der Waals surface area contributed by atoms with Crippen LogP contribution >= 0.6 is 0 Å². The highest BCUT2D eigenvalue weighted by Gasteiger charge is 2.33. The molecule has 2 aromatic heterocycles. The van der Waals surface area contributed by atoms with Crippen molar-refractivity contribution in [3.8, 4) is 11.1 Å². The first-order valence-electron chi connectivity index (χ1n) is 8.38. The molecule has 2 saturated heterocycles. The summed E-state index contributed by atoms with van der Waals surface area (Å²) in [5.74, 6) is -0.00114. The zero-order chi connectivity index (χ0) is 16.4. The number of rotatable bonds is 4. The second kappa shape index (κ2) is 6.70. The monoisotopic (exact) mass is 327 g/mol. The third-order valence-electron chi connectivity index (χ3n) is 4.68. The molecule has 4 heterocycles. The fourth-order valence-electron chi connectivity index (χ4n) is 3.21. The molecule has 2 fully saturated rings. The summed E-state index contributed by atoms with van der Waals surface area (Å²) in [5, 5.41) is 10.3. The molecule has 2 aliphatic rings. The molecule has 1 amide bonds. The van der Waals surface area contributed by atoms with Crippen molar-refractivity contribution < 1.29 is 9.53 Å². The van der Waals surface area contributed by atoms with Gasteiger partial charge in [0.25, 0.3) is 5.91 Å². The van der Waals surface area contributed by atoms with Crippen LogP contribution in [0.4, 0.5) is 0 Å². The summed E-state index contributed by atoms with van der Waals surface area (Å²) in [7, 11) is 0. The minimum Gasteiger partial charge on any atom is -0.381 e. The fraction of sp³-hybridized carbons (Fsp3) is 0.471. The van der Waals surface area contributed by atoms with Gasteiger partial charge in [0.15, 0.2) is 0 Å². The van der Waals surface area contributed by atoms with Gasteiger partial charge in [0, 0.05) is 61.9 Å². The van der Waals surface area contributed by atoms with E-state index in [-0.39, 0.29) is 5.91 Å². The maximum atomic E-state index is 12.5. The number of nitrogens with zero attached hydrogens (tertiary/aromatic N) is 3. The second-order valence-electron chi connectivity index (χ2n) is 6.38. The standard InChI is InChI=1S/C17H21N5O2/c23-17(16-2-1-12(7-18-16)13-8-19-20-9-13)22-10-15(11-22)21-14-3-5-24-6-4-14/h1-2,7-9,14-15,21H,3-6,10-11H2,(H,19,20). The van der Waals surface area contributed by atoms with Gasteiger partial charge in [-0.25, -0.2) is 0 Å². The topological polar surface area (TPSA) is 83.1 Å². The summed E-state index contributed by atoms with van der Waals surface area (Å²) in [4.78, 5) is 18.6. The molecule has 0 saturated carbocycles. The summed E-state index contributed by atoms with van der Waals surface area (Å²) in [6.07, 6.45) is 7.37. The van der Waals surface area contributed by atoms with Crippen molar-refractivity contribution in [3.63, 3.8) is 0 Å². The highest BCUT2D eigenvalue weighted by atomic mass is 16.5. The molecule has 0 bridgehead atoms. The van der Waals surface area contributed by atoms with Gasteiger partial charge in [-0.1, -0.05) is 6.07 Å². The highest BCUT2D eigenvalue weighted by molar-refractivity contribution is 5.93. The number of aromatic amines is 1.